The zero-order chi connectivity index (χ0) is 13.3. The highest BCUT2D eigenvalue weighted by Gasteiger charge is 2.33. The lowest BCUT2D eigenvalue weighted by molar-refractivity contribution is -0.124. The first-order valence-electron chi connectivity index (χ1n) is 5.49. The Bertz CT molecular complexity index is 487. The van der Waals surface area contributed by atoms with Crippen molar-refractivity contribution in [2.75, 3.05) is 13.6 Å². The lowest BCUT2D eigenvalue weighted by Crippen LogP contribution is -2.38. The van der Waals surface area contributed by atoms with Crippen LogP contribution in [0.3, 0.4) is 0 Å². The molecular formula is C12H12F2N2OS. The summed E-state index contributed by atoms with van der Waals surface area (Å²) in [7, 11) is 1.63. The van der Waals surface area contributed by atoms with Crippen LogP contribution in [0.2, 0.25) is 0 Å². The van der Waals surface area contributed by atoms with Gasteiger partial charge in [-0.05, 0) is 29.9 Å². The predicted octanol–water partition coefficient (Wildman–Crippen LogP) is 1.79. The number of carbonyl (C=O) groups excluding carboxylic acids is 1. The number of hydrogen-bond donors (Lipinski definition) is 1. The maximum atomic E-state index is 13.1. The van der Waals surface area contributed by atoms with Gasteiger partial charge in [-0.1, -0.05) is 0 Å². The van der Waals surface area contributed by atoms with Gasteiger partial charge in [0, 0.05) is 32.0 Å². The van der Waals surface area contributed by atoms with Gasteiger partial charge in [0.1, 0.15) is 11.6 Å². The van der Waals surface area contributed by atoms with E-state index in [9.17, 15) is 13.6 Å². The predicted molar refractivity (Wildman–Crippen MR) is 67.1 cm³/mol. The molecule has 1 aromatic rings. The fraction of sp³-hybridized carbons (Fsp3) is 0.333. The molecule has 1 atom stereocenters. The van der Waals surface area contributed by atoms with E-state index in [4.69, 9.17) is 12.2 Å². The van der Waals surface area contributed by atoms with E-state index in [1.165, 1.54) is 17.0 Å². The maximum Gasteiger partial charge on any atom is 0.229 e. The zero-order valence-electron chi connectivity index (χ0n) is 9.74. The molecule has 0 aromatic heterocycles. The molecule has 6 heteroatoms. The van der Waals surface area contributed by atoms with Crippen molar-refractivity contribution in [2.45, 2.75) is 12.3 Å². The summed E-state index contributed by atoms with van der Waals surface area (Å²) in [4.78, 5) is 13.2. The third-order valence-corrected chi connectivity index (χ3v) is 3.36. The number of nitrogens with zero attached hydrogens (tertiary/aromatic N) is 1. The summed E-state index contributed by atoms with van der Waals surface area (Å²) in [6.07, 6.45) is 0.213. The molecule has 1 heterocycles. The van der Waals surface area contributed by atoms with Crippen molar-refractivity contribution in [1.82, 2.24) is 10.2 Å². The van der Waals surface area contributed by atoms with Crippen molar-refractivity contribution in [3.63, 3.8) is 0 Å². The molecule has 0 spiro atoms. The molecular weight excluding hydrogens is 258 g/mol. The first-order chi connectivity index (χ1) is 8.51. The molecule has 1 aliphatic heterocycles. The molecule has 3 nitrogen and oxygen atoms in total. The van der Waals surface area contributed by atoms with Crippen LogP contribution in [0.4, 0.5) is 8.78 Å². The summed E-state index contributed by atoms with van der Waals surface area (Å²) in [6, 6.07) is 3.33. The average molecular weight is 270 g/mol. The first-order valence-corrected chi connectivity index (χ1v) is 5.90. The van der Waals surface area contributed by atoms with E-state index in [1.807, 2.05) is 0 Å². The van der Waals surface area contributed by atoms with Crippen LogP contribution in [0.1, 0.15) is 17.9 Å². The standard InChI is InChI=1S/C12H12F2N2OS/c1-15-12(18)16-6-8(4-11(16)17)7-2-9(13)5-10(14)3-7/h2-3,5,8H,4,6H2,1H3,(H,15,18). The highest BCUT2D eigenvalue weighted by atomic mass is 32.1. The van der Waals surface area contributed by atoms with Crippen molar-refractivity contribution in [3.05, 3.63) is 35.4 Å². The molecule has 0 radical (unpaired) electrons. The summed E-state index contributed by atoms with van der Waals surface area (Å²) in [5.74, 6) is -1.63. The zero-order valence-corrected chi connectivity index (χ0v) is 10.6. The van der Waals surface area contributed by atoms with Gasteiger partial charge in [0.2, 0.25) is 5.91 Å². The number of nitrogens with one attached hydrogen (secondary N) is 1. The summed E-state index contributed by atoms with van der Waals surface area (Å²) in [5.41, 5.74) is 0.488. The van der Waals surface area contributed by atoms with Crippen molar-refractivity contribution < 1.29 is 13.6 Å². The van der Waals surface area contributed by atoms with Crippen molar-refractivity contribution in [1.29, 1.82) is 0 Å². The van der Waals surface area contributed by atoms with Crippen molar-refractivity contribution in [3.8, 4) is 0 Å². The van der Waals surface area contributed by atoms with Gasteiger partial charge in [0.15, 0.2) is 5.11 Å². The Kier molecular flexibility index (Phi) is 3.56. The quantitative estimate of drug-likeness (QED) is 0.790. The highest BCUT2D eigenvalue weighted by Crippen LogP contribution is 2.29. The van der Waals surface area contributed by atoms with Gasteiger partial charge >= 0.3 is 0 Å². The maximum absolute atomic E-state index is 13.1. The molecule has 1 aromatic carbocycles. The number of rotatable bonds is 1. The number of likely N-dealkylation sites (tertiary alicyclic amines) is 1. The van der Waals surface area contributed by atoms with E-state index in [0.29, 0.717) is 17.2 Å². The second-order valence-electron chi connectivity index (χ2n) is 4.16. The Morgan fingerprint density at radius 3 is 2.56 bits per heavy atom. The molecule has 1 unspecified atom stereocenters. The van der Waals surface area contributed by atoms with E-state index in [1.54, 1.807) is 7.05 Å². The van der Waals surface area contributed by atoms with E-state index < -0.39 is 11.6 Å². The molecule has 18 heavy (non-hydrogen) atoms. The minimum Gasteiger partial charge on any atom is -0.365 e. The Hall–Kier alpha value is -1.56. The monoisotopic (exact) mass is 270 g/mol. The summed E-state index contributed by atoms with van der Waals surface area (Å²) < 4.78 is 26.2. The second-order valence-corrected chi connectivity index (χ2v) is 4.55. The molecule has 1 amide bonds. The molecule has 0 bridgehead atoms. The number of halogens is 2. The minimum absolute atomic E-state index is 0.135. The molecule has 0 saturated carbocycles. The molecule has 1 N–H and O–H groups in total. The van der Waals surface area contributed by atoms with Gasteiger partial charge in [-0.3, -0.25) is 9.69 Å². The van der Waals surface area contributed by atoms with Crippen molar-refractivity contribution >= 4 is 23.2 Å². The van der Waals surface area contributed by atoms with Crippen LogP contribution < -0.4 is 5.32 Å². The summed E-state index contributed by atoms with van der Waals surface area (Å²) in [6.45, 7) is 0.349. The van der Waals surface area contributed by atoms with Gasteiger partial charge in [0.05, 0.1) is 0 Å². The lowest BCUT2D eigenvalue weighted by Gasteiger charge is -2.17. The van der Waals surface area contributed by atoms with E-state index in [-0.39, 0.29) is 18.2 Å². The number of thiocarbonyl (C=S) groups is 1. The normalized spacial score (nSPS) is 19.2. The average Bonchev–Trinajstić information content (AvgIpc) is 2.69. The van der Waals surface area contributed by atoms with Crippen LogP contribution in [-0.4, -0.2) is 29.5 Å². The van der Waals surface area contributed by atoms with Crippen LogP contribution in [-0.2, 0) is 4.79 Å². The van der Waals surface area contributed by atoms with Gasteiger partial charge in [0.25, 0.3) is 0 Å². The van der Waals surface area contributed by atoms with Crippen molar-refractivity contribution in [2.24, 2.45) is 0 Å². The SMILES string of the molecule is CNC(=S)N1CC(c2cc(F)cc(F)c2)CC1=O. The number of amides is 1. The van der Waals surface area contributed by atoms with Gasteiger partial charge in [-0.2, -0.15) is 0 Å². The Morgan fingerprint density at radius 1 is 1.39 bits per heavy atom. The van der Waals surface area contributed by atoms with Crippen LogP contribution in [0.15, 0.2) is 18.2 Å². The van der Waals surface area contributed by atoms with Gasteiger partial charge in [-0.25, -0.2) is 8.78 Å². The minimum atomic E-state index is -0.632. The molecule has 1 fully saturated rings. The van der Waals surface area contributed by atoms with Gasteiger partial charge < -0.3 is 5.32 Å². The fourth-order valence-electron chi connectivity index (χ4n) is 2.07. The smallest absolute Gasteiger partial charge is 0.229 e. The Balaban J connectivity index is 2.21. The van der Waals surface area contributed by atoms with Crippen LogP contribution in [0, 0.1) is 11.6 Å². The first kappa shape index (κ1) is 12.9. The van der Waals surface area contributed by atoms with Gasteiger partial charge in [-0.15, -0.1) is 0 Å². The lowest BCUT2D eigenvalue weighted by atomic mass is 9.98. The van der Waals surface area contributed by atoms with Crippen LogP contribution >= 0.6 is 12.2 Å². The Labute approximate surface area is 109 Å². The van der Waals surface area contributed by atoms with E-state index in [0.717, 1.165) is 6.07 Å². The highest BCUT2D eigenvalue weighted by molar-refractivity contribution is 7.80. The number of hydrogen-bond acceptors (Lipinski definition) is 2. The fourth-order valence-corrected chi connectivity index (χ4v) is 2.25. The third kappa shape index (κ3) is 2.48. The largest absolute Gasteiger partial charge is 0.365 e. The van der Waals surface area contributed by atoms with E-state index in [2.05, 4.69) is 5.32 Å². The van der Waals surface area contributed by atoms with E-state index >= 15 is 0 Å². The Morgan fingerprint density at radius 2 is 2.00 bits per heavy atom. The second kappa shape index (κ2) is 4.97. The molecule has 96 valence electrons. The molecule has 1 aliphatic rings. The van der Waals surface area contributed by atoms with Crippen LogP contribution in [0.5, 0.6) is 0 Å². The number of carbonyl (C=O) groups is 1. The summed E-state index contributed by atoms with van der Waals surface area (Å²) in [5, 5.41) is 3.05. The topological polar surface area (TPSA) is 32.3 Å². The molecule has 1 saturated heterocycles. The van der Waals surface area contributed by atoms with Crippen LogP contribution in [0.25, 0.3) is 0 Å². The number of benzene rings is 1. The summed E-state index contributed by atoms with van der Waals surface area (Å²) >= 11 is 4.99. The molecule has 0 aliphatic carbocycles. The third-order valence-electron chi connectivity index (χ3n) is 2.94. The molecule has 2 rings (SSSR count).